The zero-order chi connectivity index (χ0) is 19.3. The Bertz CT molecular complexity index is 879. The van der Waals surface area contributed by atoms with E-state index in [0.29, 0.717) is 23.8 Å². The van der Waals surface area contributed by atoms with Gasteiger partial charge < -0.3 is 4.90 Å². The molecule has 3 rings (SSSR count). The number of amides is 1. The Morgan fingerprint density at radius 2 is 1.63 bits per heavy atom. The van der Waals surface area contributed by atoms with Gasteiger partial charge in [-0.25, -0.2) is 8.42 Å². The Morgan fingerprint density at radius 3 is 2.26 bits per heavy atom. The minimum atomic E-state index is -3.89. The van der Waals surface area contributed by atoms with E-state index in [0.717, 1.165) is 30.0 Å². The van der Waals surface area contributed by atoms with Gasteiger partial charge in [0.2, 0.25) is 5.91 Å². The predicted molar refractivity (Wildman–Crippen MR) is 107 cm³/mol. The molecule has 2 aromatic rings. The third kappa shape index (κ3) is 4.82. The van der Waals surface area contributed by atoms with Gasteiger partial charge in [0.25, 0.3) is 10.0 Å². The quantitative estimate of drug-likeness (QED) is 0.755. The first kappa shape index (κ1) is 19.7. The Labute approximate surface area is 165 Å². The molecule has 0 unspecified atom stereocenters. The summed E-state index contributed by atoms with van der Waals surface area (Å²) >= 11 is 6.08. The number of sulfonamides is 1. The van der Waals surface area contributed by atoms with Gasteiger partial charge in [-0.15, -0.1) is 0 Å². The zero-order valence-corrected chi connectivity index (χ0v) is 16.6. The van der Waals surface area contributed by atoms with Crippen molar-refractivity contribution in [2.75, 3.05) is 23.9 Å². The van der Waals surface area contributed by atoms with Crippen LogP contribution in [0.4, 0.5) is 5.69 Å². The molecule has 0 saturated carbocycles. The van der Waals surface area contributed by atoms with E-state index < -0.39 is 10.0 Å². The molecule has 2 aromatic carbocycles. The summed E-state index contributed by atoms with van der Waals surface area (Å²) in [5.74, 6) is -0.184. The molecular formula is C20H23ClN2O3S. The van der Waals surface area contributed by atoms with E-state index in [1.165, 1.54) is 12.1 Å². The molecule has 1 saturated heterocycles. The lowest BCUT2D eigenvalue weighted by atomic mass is 10.2. The Kier molecular flexibility index (Phi) is 6.39. The highest BCUT2D eigenvalue weighted by atomic mass is 35.5. The van der Waals surface area contributed by atoms with Crippen molar-refractivity contribution in [2.45, 2.75) is 30.6 Å². The van der Waals surface area contributed by atoms with Crippen LogP contribution in [-0.2, 0) is 14.8 Å². The summed E-state index contributed by atoms with van der Waals surface area (Å²) in [6.07, 6.45) is 4.11. The second-order valence-electron chi connectivity index (χ2n) is 6.60. The van der Waals surface area contributed by atoms with E-state index in [1.807, 2.05) is 0 Å². The van der Waals surface area contributed by atoms with Crippen LogP contribution in [0.5, 0.6) is 0 Å². The molecule has 0 atom stereocenters. The fraction of sp³-hybridized carbons (Fsp3) is 0.350. The first-order chi connectivity index (χ1) is 13.0. The van der Waals surface area contributed by atoms with Crippen LogP contribution in [0.3, 0.4) is 0 Å². The number of carbonyl (C=O) groups excluding carboxylic acids is 1. The molecule has 0 bridgehead atoms. The molecule has 0 aliphatic carbocycles. The fourth-order valence-electron chi connectivity index (χ4n) is 3.21. The van der Waals surface area contributed by atoms with Crippen LogP contribution in [0.2, 0.25) is 5.02 Å². The van der Waals surface area contributed by atoms with Crippen LogP contribution < -0.4 is 4.31 Å². The average molecular weight is 407 g/mol. The fourth-order valence-corrected chi connectivity index (χ4v) is 4.82. The molecule has 27 heavy (non-hydrogen) atoms. The van der Waals surface area contributed by atoms with Gasteiger partial charge in [-0.2, -0.15) is 0 Å². The number of anilines is 1. The number of hydrogen-bond acceptors (Lipinski definition) is 3. The number of halogens is 1. The molecule has 0 N–H and O–H groups in total. The van der Waals surface area contributed by atoms with E-state index in [1.54, 1.807) is 47.4 Å². The third-order valence-electron chi connectivity index (χ3n) is 4.67. The summed E-state index contributed by atoms with van der Waals surface area (Å²) in [7, 11) is -3.89. The zero-order valence-electron chi connectivity index (χ0n) is 15.1. The number of nitrogens with zero attached hydrogens (tertiary/aromatic N) is 2. The summed E-state index contributed by atoms with van der Waals surface area (Å²) in [6, 6.07) is 14.7. The van der Waals surface area contributed by atoms with E-state index >= 15 is 0 Å². The summed E-state index contributed by atoms with van der Waals surface area (Å²) in [4.78, 5) is 14.8. The first-order valence-corrected chi connectivity index (χ1v) is 10.9. The lowest BCUT2D eigenvalue weighted by Crippen LogP contribution is -2.43. The molecule has 0 aromatic heterocycles. The van der Waals surface area contributed by atoms with Crippen LogP contribution in [0.15, 0.2) is 59.5 Å². The van der Waals surface area contributed by atoms with Gasteiger partial charge in [0.05, 0.1) is 10.6 Å². The lowest BCUT2D eigenvalue weighted by Gasteiger charge is -2.28. The van der Waals surface area contributed by atoms with Crippen molar-refractivity contribution in [3.05, 3.63) is 59.6 Å². The van der Waals surface area contributed by atoms with Crippen molar-refractivity contribution in [1.29, 1.82) is 0 Å². The third-order valence-corrected chi connectivity index (χ3v) is 6.69. The van der Waals surface area contributed by atoms with Gasteiger partial charge in [0, 0.05) is 18.1 Å². The number of rotatable bonds is 5. The smallest absolute Gasteiger partial charge is 0.264 e. The maximum absolute atomic E-state index is 13.2. The summed E-state index contributed by atoms with van der Waals surface area (Å²) in [6.45, 7) is 1.11. The lowest BCUT2D eigenvalue weighted by molar-refractivity contribution is -0.129. The van der Waals surface area contributed by atoms with Gasteiger partial charge in [-0.3, -0.25) is 9.10 Å². The molecule has 5 nitrogen and oxygen atoms in total. The van der Waals surface area contributed by atoms with Crippen LogP contribution in [0.25, 0.3) is 0 Å². The number of carbonyl (C=O) groups is 1. The van der Waals surface area contributed by atoms with Crippen molar-refractivity contribution in [2.24, 2.45) is 0 Å². The largest absolute Gasteiger partial charge is 0.341 e. The first-order valence-electron chi connectivity index (χ1n) is 9.09. The standard InChI is InChI=1S/C20H23ClN2O3S/c21-17-9-8-10-18(15-17)23(27(25,26)19-11-4-3-5-12-19)16-20(24)22-13-6-1-2-7-14-22/h3-5,8-12,15H,1-2,6-7,13-14,16H2. The number of benzene rings is 2. The van der Waals surface area contributed by atoms with Crippen molar-refractivity contribution >= 4 is 33.2 Å². The van der Waals surface area contributed by atoms with Crippen LogP contribution in [0.1, 0.15) is 25.7 Å². The maximum Gasteiger partial charge on any atom is 0.264 e. The molecule has 0 radical (unpaired) electrons. The SMILES string of the molecule is O=C(CN(c1cccc(Cl)c1)S(=O)(=O)c1ccccc1)N1CCCCCC1. The highest BCUT2D eigenvalue weighted by molar-refractivity contribution is 7.92. The van der Waals surface area contributed by atoms with Crippen LogP contribution in [0, 0.1) is 0 Å². The predicted octanol–water partition coefficient (Wildman–Crippen LogP) is 3.94. The maximum atomic E-state index is 13.2. The topological polar surface area (TPSA) is 57.7 Å². The van der Waals surface area contributed by atoms with Gasteiger partial charge in [-0.1, -0.05) is 48.7 Å². The Morgan fingerprint density at radius 1 is 0.963 bits per heavy atom. The normalized spacial score (nSPS) is 15.2. The second-order valence-corrected chi connectivity index (χ2v) is 8.90. The molecule has 1 fully saturated rings. The van der Waals surface area contributed by atoms with Crippen molar-refractivity contribution in [1.82, 2.24) is 4.90 Å². The summed E-state index contributed by atoms with van der Waals surface area (Å²) in [5.41, 5.74) is 0.384. The van der Waals surface area contributed by atoms with E-state index in [-0.39, 0.29) is 17.3 Å². The Hall–Kier alpha value is -2.05. The molecule has 0 spiro atoms. The van der Waals surface area contributed by atoms with Crippen molar-refractivity contribution in [3.63, 3.8) is 0 Å². The number of likely N-dealkylation sites (tertiary alicyclic amines) is 1. The molecule has 7 heteroatoms. The molecular weight excluding hydrogens is 384 g/mol. The van der Waals surface area contributed by atoms with Gasteiger partial charge in [0.15, 0.2) is 0 Å². The highest BCUT2D eigenvalue weighted by Crippen LogP contribution is 2.26. The second kappa shape index (κ2) is 8.76. The summed E-state index contributed by atoms with van der Waals surface area (Å²) in [5, 5.41) is 0.419. The van der Waals surface area contributed by atoms with Crippen molar-refractivity contribution in [3.8, 4) is 0 Å². The van der Waals surface area contributed by atoms with Gasteiger partial charge in [-0.05, 0) is 43.2 Å². The molecule has 1 aliphatic rings. The molecule has 1 aliphatic heterocycles. The van der Waals surface area contributed by atoms with Gasteiger partial charge >= 0.3 is 0 Å². The molecule has 1 heterocycles. The Balaban J connectivity index is 1.94. The minimum absolute atomic E-state index is 0.147. The van der Waals surface area contributed by atoms with E-state index in [9.17, 15) is 13.2 Å². The highest BCUT2D eigenvalue weighted by Gasteiger charge is 2.29. The summed E-state index contributed by atoms with van der Waals surface area (Å²) < 4.78 is 27.6. The van der Waals surface area contributed by atoms with Crippen LogP contribution in [-0.4, -0.2) is 38.9 Å². The molecule has 1 amide bonds. The van der Waals surface area contributed by atoms with E-state index in [2.05, 4.69) is 0 Å². The minimum Gasteiger partial charge on any atom is -0.341 e. The van der Waals surface area contributed by atoms with Gasteiger partial charge in [0.1, 0.15) is 6.54 Å². The average Bonchev–Trinajstić information content (AvgIpc) is 2.96. The van der Waals surface area contributed by atoms with Crippen molar-refractivity contribution < 1.29 is 13.2 Å². The van der Waals surface area contributed by atoms with E-state index in [4.69, 9.17) is 11.6 Å². The van der Waals surface area contributed by atoms with Crippen LogP contribution >= 0.6 is 11.6 Å². The molecule has 144 valence electrons. The monoisotopic (exact) mass is 406 g/mol. The number of hydrogen-bond donors (Lipinski definition) is 0.